The van der Waals surface area contributed by atoms with Crippen molar-refractivity contribution in [2.24, 2.45) is 0 Å². The topological polar surface area (TPSA) is 55.1 Å². The molecule has 0 fully saturated rings. The number of aryl methyl sites for hydroxylation is 1. The second kappa shape index (κ2) is 6.56. The van der Waals surface area contributed by atoms with Crippen LogP contribution in [0.25, 0.3) is 0 Å². The molecule has 0 spiro atoms. The molecule has 1 aromatic carbocycles. The lowest BCUT2D eigenvalue weighted by Crippen LogP contribution is -2.14. The molecule has 0 saturated heterocycles. The van der Waals surface area contributed by atoms with E-state index in [-0.39, 0.29) is 22.7 Å². The Labute approximate surface area is 120 Å². The molecule has 1 aromatic heterocycles. The quantitative estimate of drug-likeness (QED) is 0.916. The lowest BCUT2D eigenvalue weighted by molar-refractivity contribution is -0.113. The molecule has 1 heterocycles. The maximum Gasteiger partial charge on any atom is 0.236 e. The molecule has 2 rings (SSSR count). The predicted octanol–water partition coefficient (Wildman–Crippen LogP) is 3.56. The van der Waals surface area contributed by atoms with Crippen molar-refractivity contribution in [3.8, 4) is 0 Å². The van der Waals surface area contributed by atoms with Crippen LogP contribution < -0.4 is 5.32 Å². The summed E-state index contributed by atoms with van der Waals surface area (Å²) in [5.74, 6) is 0.227. The monoisotopic (exact) mass is 294 g/mol. The smallest absolute Gasteiger partial charge is 0.236 e. The van der Waals surface area contributed by atoms with Crippen LogP contribution in [0.15, 0.2) is 34.9 Å². The number of aromatic nitrogens is 1. The Kier molecular flexibility index (Phi) is 4.79. The highest BCUT2D eigenvalue weighted by molar-refractivity contribution is 8.00. The third-order valence-electron chi connectivity index (χ3n) is 2.69. The van der Waals surface area contributed by atoms with Gasteiger partial charge >= 0.3 is 0 Å². The van der Waals surface area contributed by atoms with Crippen LogP contribution in [0, 0.1) is 12.7 Å². The van der Waals surface area contributed by atoms with Gasteiger partial charge in [-0.3, -0.25) is 10.1 Å². The maximum atomic E-state index is 12.8. The van der Waals surface area contributed by atoms with Crippen LogP contribution in [0.4, 0.5) is 10.3 Å². The van der Waals surface area contributed by atoms with E-state index in [2.05, 4.69) is 10.5 Å². The molecular weight excluding hydrogens is 279 g/mol. The molecule has 0 unspecified atom stereocenters. The van der Waals surface area contributed by atoms with E-state index < -0.39 is 0 Å². The second-order valence-corrected chi connectivity index (χ2v) is 5.71. The van der Waals surface area contributed by atoms with Crippen LogP contribution in [0.2, 0.25) is 0 Å². The van der Waals surface area contributed by atoms with Crippen molar-refractivity contribution in [3.63, 3.8) is 0 Å². The standard InChI is InChI=1S/C14H15FN2O2S/c1-9-7-14(19-17-9)16-13(18)8-20-10(2)11-3-5-12(15)6-4-11/h3-7,10H,8H2,1-2H3,(H,16,18)/t10-/m1/s1. The summed E-state index contributed by atoms with van der Waals surface area (Å²) in [5.41, 5.74) is 1.70. The van der Waals surface area contributed by atoms with Gasteiger partial charge in [0.2, 0.25) is 11.8 Å². The predicted molar refractivity (Wildman–Crippen MR) is 77.1 cm³/mol. The Morgan fingerprint density at radius 2 is 2.15 bits per heavy atom. The van der Waals surface area contributed by atoms with E-state index in [1.54, 1.807) is 25.1 Å². The maximum absolute atomic E-state index is 12.8. The lowest BCUT2D eigenvalue weighted by Gasteiger charge is -2.11. The number of nitrogens with zero attached hydrogens (tertiary/aromatic N) is 1. The van der Waals surface area contributed by atoms with E-state index in [4.69, 9.17) is 4.52 Å². The van der Waals surface area contributed by atoms with E-state index in [0.717, 1.165) is 5.56 Å². The Hall–Kier alpha value is -1.82. The molecule has 0 aliphatic rings. The third-order valence-corrected chi connectivity index (χ3v) is 3.90. The Bertz CT molecular complexity index is 583. The molecule has 0 bridgehead atoms. The lowest BCUT2D eigenvalue weighted by atomic mass is 10.2. The van der Waals surface area contributed by atoms with Gasteiger partial charge in [-0.05, 0) is 31.5 Å². The van der Waals surface area contributed by atoms with Crippen molar-refractivity contribution in [2.75, 3.05) is 11.1 Å². The average molecular weight is 294 g/mol. The third kappa shape index (κ3) is 4.09. The first kappa shape index (κ1) is 14.6. The van der Waals surface area contributed by atoms with Gasteiger partial charge < -0.3 is 4.52 Å². The van der Waals surface area contributed by atoms with E-state index in [0.29, 0.717) is 11.6 Å². The number of nitrogens with one attached hydrogen (secondary N) is 1. The molecule has 0 saturated carbocycles. The van der Waals surface area contributed by atoms with Crippen LogP contribution in [-0.2, 0) is 4.79 Å². The minimum atomic E-state index is -0.260. The first-order chi connectivity index (χ1) is 9.54. The summed E-state index contributed by atoms with van der Waals surface area (Å²) in [6, 6.07) is 7.95. The van der Waals surface area contributed by atoms with Gasteiger partial charge in [0.25, 0.3) is 0 Å². The van der Waals surface area contributed by atoms with Crippen molar-refractivity contribution in [2.45, 2.75) is 19.1 Å². The fourth-order valence-corrected chi connectivity index (χ4v) is 2.45. The number of anilines is 1. The molecule has 0 aliphatic heterocycles. The van der Waals surface area contributed by atoms with Crippen LogP contribution in [0.3, 0.4) is 0 Å². The zero-order valence-corrected chi connectivity index (χ0v) is 12.0. The molecule has 20 heavy (non-hydrogen) atoms. The number of hydrogen-bond acceptors (Lipinski definition) is 4. The zero-order chi connectivity index (χ0) is 14.5. The summed E-state index contributed by atoms with van der Waals surface area (Å²) in [6.45, 7) is 3.76. The number of halogens is 1. The van der Waals surface area contributed by atoms with Crippen LogP contribution in [0.5, 0.6) is 0 Å². The number of amides is 1. The Balaban J connectivity index is 1.82. The summed E-state index contributed by atoms with van der Waals surface area (Å²) in [7, 11) is 0. The number of carbonyl (C=O) groups excluding carboxylic acids is 1. The molecule has 1 amide bonds. The highest BCUT2D eigenvalue weighted by Gasteiger charge is 2.11. The number of carbonyl (C=O) groups is 1. The summed E-state index contributed by atoms with van der Waals surface area (Å²) in [4.78, 5) is 11.7. The van der Waals surface area contributed by atoms with Gasteiger partial charge in [0.05, 0.1) is 11.4 Å². The first-order valence-corrected chi connectivity index (χ1v) is 7.19. The van der Waals surface area contributed by atoms with Crippen molar-refractivity contribution >= 4 is 23.6 Å². The minimum Gasteiger partial charge on any atom is -0.338 e. The van der Waals surface area contributed by atoms with Crippen molar-refractivity contribution in [1.82, 2.24) is 5.16 Å². The average Bonchev–Trinajstić information content (AvgIpc) is 2.82. The fourth-order valence-electron chi connectivity index (χ4n) is 1.63. The van der Waals surface area contributed by atoms with Crippen LogP contribution >= 0.6 is 11.8 Å². The zero-order valence-electron chi connectivity index (χ0n) is 11.2. The number of rotatable bonds is 5. The molecule has 1 N–H and O–H groups in total. The van der Waals surface area contributed by atoms with E-state index >= 15 is 0 Å². The summed E-state index contributed by atoms with van der Waals surface area (Å²) < 4.78 is 17.7. The highest BCUT2D eigenvalue weighted by Crippen LogP contribution is 2.28. The van der Waals surface area contributed by atoms with Crippen molar-refractivity contribution < 1.29 is 13.7 Å². The molecular formula is C14H15FN2O2S. The van der Waals surface area contributed by atoms with Gasteiger partial charge in [-0.1, -0.05) is 17.3 Å². The first-order valence-electron chi connectivity index (χ1n) is 6.15. The second-order valence-electron chi connectivity index (χ2n) is 4.39. The van der Waals surface area contributed by atoms with Crippen LogP contribution in [-0.4, -0.2) is 16.8 Å². The van der Waals surface area contributed by atoms with Gasteiger partial charge in [-0.15, -0.1) is 11.8 Å². The van der Waals surface area contributed by atoms with E-state index in [1.165, 1.54) is 23.9 Å². The molecule has 106 valence electrons. The summed E-state index contributed by atoms with van der Waals surface area (Å²) in [5, 5.41) is 6.43. The fraction of sp³-hybridized carbons (Fsp3) is 0.286. The molecule has 6 heteroatoms. The van der Waals surface area contributed by atoms with Gasteiger partial charge in [0.1, 0.15) is 5.82 Å². The molecule has 0 radical (unpaired) electrons. The van der Waals surface area contributed by atoms with Crippen molar-refractivity contribution in [3.05, 3.63) is 47.4 Å². The molecule has 0 aliphatic carbocycles. The van der Waals surface area contributed by atoms with E-state index in [9.17, 15) is 9.18 Å². The Morgan fingerprint density at radius 3 is 2.75 bits per heavy atom. The summed E-state index contributed by atoms with van der Waals surface area (Å²) in [6.07, 6.45) is 0. The number of thioether (sulfide) groups is 1. The van der Waals surface area contributed by atoms with Crippen molar-refractivity contribution in [1.29, 1.82) is 0 Å². The van der Waals surface area contributed by atoms with Gasteiger partial charge in [0.15, 0.2) is 0 Å². The SMILES string of the molecule is Cc1cc(NC(=O)CS[C@H](C)c2ccc(F)cc2)on1. The molecule has 1 atom stereocenters. The number of hydrogen-bond donors (Lipinski definition) is 1. The minimum absolute atomic E-state index is 0.109. The van der Waals surface area contributed by atoms with Gasteiger partial charge in [-0.2, -0.15) is 0 Å². The molecule has 4 nitrogen and oxygen atoms in total. The Morgan fingerprint density at radius 1 is 1.45 bits per heavy atom. The molecule has 2 aromatic rings. The van der Waals surface area contributed by atoms with Gasteiger partial charge in [-0.25, -0.2) is 4.39 Å². The van der Waals surface area contributed by atoms with Gasteiger partial charge in [0, 0.05) is 11.3 Å². The normalized spacial score (nSPS) is 12.2. The largest absolute Gasteiger partial charge is 0.338 e. The number of benzene rings is 1. The van der Waals surface area contributed by atoms with E-state index in [1.807, 2.05) is 6.92 Å². The summed E-state index contributed by atoms with van der Waals surface area (Å²) >= 11 is 1.47. The van der Waals surface area contributed by atoms with Crippen LogP contribution in [0.1, 0.15) is 23.4 Å². The highest BCUT2D eigenvalue weighted by atomic mass is 32.2.